The van der Waals surface area contributed by atoms with Crippen molar-refractivity contribution in [2.24, 2.45) is 4.99 Å². The van der Waals surface area contributed by atoms with Crippen LogP contribution in [-0.2, 0) is 4.84 Å². The Morgan fingerprint density at radius 1 is 0.829 bits per heavy atom. The zero-order valence-corrected chi connectivity index (χ0v) is 26.8. The Kier molecular flexibility index (Phi) is 19.9. The van der Waals surface area contributed by atoms with E-state index in [0.29, 0.717) is 22.9 Å². The van der Waals surface area contributed by atoms with Crippen molar-refractivity contribution in [1.82, 2.24) is 5.48 Å². The van der Waals surface area contributed by atoms with Gasteiger partial charge in [-0.2, -0.15) is 5.48 Å². The average molecular weight is 608 g/mol. The maximum Gasteiger partial charge on any atom is 0.201 e. The van der Waals surface area contributed by atoms with Crippen LogP contribution in [0.15, 0.2) is 41.4 Å². The first-order valence-electron chi connectivity index (χ1n) is 15.4. The third-order valence-corrected chi connectivity index (χ3v) is 7.93. The number of aromatic hydroxyl groups is 1. The Hall–Kier alpha value is -2.21. The maximum atomic E-state index is 9.87. The van der Waals surface area contributed by atoms with E-state index in [9.17, 15) is 5.11 Å². The second-order valence-electron chi connectivity index (χ2n) is 10.4. The zero-order valence-electron chi connectivity index (χ0n) is 25.1. The lowest BCUT2D eigenvalue weighted by Gasteiger charge is -2.12. The molecule has 41 heavy (non-hydrogen) atoms. The molecule has 0 aromatic heterocycles. The van der Waals surface area contributed by atoms with Gasteiger partial charge in [0.1, 0.15) is 5.69 Å². The fourth-order valence-corrected chi connectivity index (χ4v) is 5.32. The maximum absolute atomic E-state index is 9.87. The SMILES string of the molecule is CCCCCCCCCCCCCCCCCCNOC=Nc1ccccc1OPNc1cc(Cl)c(O)c(OC)c1. The summed E-state index contributed by atoms with van der Waals surface area (Å²) in [7, 11) is 1.37. The number of anilines is 1. The second kappa shape index (κ2) is 23.4. The highest BCUT2D eigenvalue weighted by molar-refractivity contribution is 7.34. The molecule has 1 unspecified atom stereocenters. The number of halogens is 1. The molecule has 0 saturated carbocycles. The predicted octanol–water partition coefficient (Wildman–Crippen LogP) is 10.5. The molecule has 0 amide bonds. The fourth-order valence-electron chi connectivity index (χ4n) is 4.52. The van der Waals surface area contributed by atoms with Gasteiger partial charge in [0.15, 0.2) is 26.2 Å². The Balaban J connectivity index is 1.47. The van der Waals surface area contributed by atoms with Crippen LogP contribution in [0.25, 0.3) is 0 Å². The van der Waals surface area contributed by atoms with Gasteiger partial charge in [-0.05, 0) is 24.6 Å². The summed E-state index contributed by atoms with van der Waals surface area (Å²) >= 11 is 6.04. The molecule has 2 aromatic rings. The van der Waals surface area contributed by atoms with Crippen molar-refractivity contribution in [1.29, 1.82) is 0 Å². The first kappa shape index (κ1) is 35.0. The minimum atomic E-state index is -0.0984. The lowest BCUT2D eigenvalue weighted by Crippen LogP contribution is -2.14. The number of benzene rings is 2. The van der Waals surface area contributed by atoms with Crippen LogP contribution >= 0.6 is 20.6 Å². The molecule has 0 bridgehead atoms. The number of nitrogens with zero attached hydrogens (tertiary/aromatic N) is 1. The third kappa shape index (κ3) is 16.1. The Morgan fingerprint density at radius 3 is 2.02 bits per heavy atom. The van der Waals surface area contributed by atoms with Crippen molar-refractivity contribution >= 4 is 38.3 Å². The molecule has 3 N–H and O–H groups in total. The molecule has 0 saturated heterocycles. The standard InChI is InChI=1S/C32H51ClN3O4P/c1-3-4-5-6-7-8-9-10-11-12-13-14-15-16-17-20-23-35-39-26-34-29-21-18-19-22-30(29)40-41-36-27-24-28(33)32(37)31(25-27)38-2/h18-19,21-22,24-26,35-37,41H,3-17,20,23H2,1-2H3. The van der Waals surface area contributed by atoms with Crippen LogP contribution in [-0.4, -0.2) is 25.2 Å². The lowest BCUT2D eigenvalue weighted by atomic mass is 10.0. The Labute approximate surface area is 254 Å². The Bertz CT molecular complexity index is 980. The summed E-state index contributed by atoms with van der Waals surface area (Å²) in [4.78, 5) is 9.74. The number of nitrogens with one attached hydrogen (secondary N) is 2. The van der Waals surface area contributed by atoms with Crippen molar-refractivity contribution in [2.75, 3.05) is 18.7 Å². The van der Waals surface area contributed by atoms with Crippen LogP contribution in [0.1, 0.15) is 110 Å². The van der Waals surface area contributed by atoms with Crippen molar-refractivity contribution in [2.45, 2.75) is 110 Å². The van der Waals surface area contributed by atoms with Crippen LogP contribution in [0, 0.1) is 0 Å². The molecule has 0 fully saturated rings. The largest absolute Gasteiger partial charge is 0.503 e. The van der Waals surface area contributed by atoms with Crippen molar-refractivity contribution < 1.29 is 19.2 Å². The molecule has 0 aliphatic carbocycles. The van der Waals surface area contributed by atoms with E-state index in [2.05, 4.69) is 22.5 Å². The first-order valence-corrected chi connectivity index (χ1v) is 16.7. The average Bonchev–Trinajstić information content (AvgIpc) is 2.98. The zero-order chi connectivity index (χ0) is 29.4. The second-order valence-corrected chi connectivity index (χ2v) is 11.4. The van der Waals surface area contributed by atoms with Crippen molar-refractivity contribution in [3.05, 3.63) is 41.4 Å². The van der Waals surface area contributed by atoms with Gasteiger partial charge in [0.25, 0.3) is 0 Å². The fraction of sp³-hybridized carbons (Fsp3) is 0.594. The molecule has 230 valence electrons. The molecule has 7 nitrogen and oxygen atoms in total. The van der Waals surface area contributed by atoms with Gasteiger partial charge in [-0.15, -0.1) is 0 Å². The molecule has 2 aromatic carbocycles. The third-order valence-electron chi connectivity index (χ3n) is 6.93. The van der Waals surface area contributed by atoms with Gasteiger partial charge >= 0.3 is 0 Å². The summed E-state index contributed by atoms with van der Waals surface area (Å²) in [5.41, 5.74) is 4.30. The highest BCUT2D eigenvalue weighted by Crippen LogP contribution is 2.39. The molecule has 0 radical (unpaired) electrons. The summed E-state index contributed by atoms with van der Waals surface area (Å²) < 4.78 is 11.0. The van der Waals surface area contributed by atoms with Crippen LogP contribution < -0.4 is 19.8 Å². The smallest absolute Gasteiger partial charge is 0.201 e. The number of phenols is 1. The van der Waals surface area contributed by atoms with E-state index in [-0.39, 0.29) is 19.7 Å². The summed E-state index contributed by atoms with van der Waals surface area (Å²) in [5.74, 6) is 0.818. The van der Waals surface area contributed by atoms with Gasteiger partial charge in [-0.25, -0.2) is 4.99 Å². The molecular formula is C32H51ClN3O4P. The Morgan fingerprint density at radius 2 is 1.41 bits per heavy atom. The summed E-state index contributed by atoms with van der Waals surface area (Å²) in [6.45, 7) is 3.08. The van der Waals surface area contributed by atoms with E-state index in [4.69, 9.17) is 25.7 Å². The highest BCUT2D eigenvalue weighted by atomic mass is 35.5. The predicted molar refractivity (Wildman–Crippen MR) is 175 cm³/mol. The van der Waals surface area contributed by atoms with Crippen molar-refractivity contribution in [3.8, 4) is 17.2 Å². The topological polar surface area (TPSA) is 84.3 Å². The van der Waals surface area contributed by atoms with E-state index >= 15 is 0 Å². The number of methoxy groups -OCH3 is 1. The van der Waals surface area contributed by atoms with Gasteiger partial charge in [0, 0.05) is 18.3 Å². The van der Waals surface area contributed by atoms with Gasteiger partial charge in [-0.3, -0.25) is 0 Å². The van der Waals surface area contributed by atoms with E-state index in [1.165, 1.54) is 110 Å². The summed E-state index contributed by atoms with van der Waals surface area (Å²) in [6.07, 6.45) is 23.2. The van der Waals surface area contributed by atoms with Crippen molar-refractivity contribution in [3.63, 3.8) is 0 Å². The number of hydrogen-bond acceptors (Lipinski definition) is 7. The molecule has 0 spiro atoms. The molecule has 0 aliphatic heterocycles. The molecule has 1 atom stereocenters. The molecule has 9 heteroatoms. The molecule has 0 aliphatic rings. The normalized spacial score (nSPS) is 11.5. The summed E-state index contributed by atoms with van der Waals surface area (Å²) in [6, 6.07) is 10.7. The highest BCUT2D eigenvalue weighted by Gasteiger charge is 2.09. The quantitative estimate of drug-likeness (QED) is 0.0260. The molecular weight excluding hydrogens is 557 g/mol. The summed E-state index contributed by atoms with van der Waals surface area (Å²) in [5, 5.41) is 13.2. The van der Waals surface area contributed by atoms with E-state index in [1.807, 2.05) is 24.3 Å². The number of rotatable bonds is 25. The van der Waals surface area contributed by atoms with Gasteiger partial charge in [-0.1, -0.05) is 127 Å². The lowest BCUT2D eigenvalue weighted by molar-refractivity contribution is 0.191. The molecule has 2 rings (SSSR count). The number of phenolic OH excluding ortho intramolecular Hbond substituents is 1. The minimum Gasteiger partial charge on any atom is -0.503 e. The van der Waals surface area contributed by atoms with Crippen LogP contribution in [0.5, 0.6) is 17.2 Å². The number of hydrogen-bond donors (Lipinski definition) is 3. The molecule has 0 heterocycles. The number of ether oxygens (including phenoxy) is 1. The van der Waals surface area contributed by atoms with Gasteiger partial charge in [0.2, 0.25) is 6.40 Å². The number of aliphatic imine (C=N–C) groups is 1. The van der Waals surface area contributed by atoms with Crippen LogP contribution in [0.3, 0.4) is 0 Å². The number of unbranched alkanes of at least 4 members (excludes halogenated alkanes) is 15. The number of hydroxylamine groups is 1. The monoisotopic (exact) mass is 607 g/mol. The van der Waals surface area contributed by atoms with E-state index < -0.39 is 0 Å². The number of para-hydroxylation sites is 2. The van der Waals surface area contributed by atoms with Crippen LogP contribution in [0.2, 0.25) is 5.02 Å². The van der Waals surface area contributed by atoms with Crippen LogP contribution in [0.4, 0.5) is 11.4 Å². The van der Waals surface area contributed by atoms with Gasteiger partial charge < -0.3 is 24.3 Å². The van der Waals surface area contributed by atoms with Gasteiger partial charge in [0.05, 0.1) is 12.1 Å². The first-order chi connectivity index (χ1) is 20.2. The van der Waals surface area contributed by atoms with E-state index in [1.54, 1.807) is 12.1 Å². The minimum absolute atomic E-state index is 0.0907. The van der Waals surface area contributed by atoms with E-state index in [0.717, 1.165) is 13.0 Å².